The van der Waals surface area contributed by atoms with Gasteiger partial charge in [-0.25, -0.2) is 0 Å². The first-order valence-electron chi connectivity index (χ1n) is 9.16. The third-order valence-electron chi connectivity index (χ3n) is 4.69. The van der Waals surface area contributed by atoms with Crippen LogP contribution in [0.25, 0.3) is 0 Å². The Morgan fingerprint density at radius 1 is 0.964 bits per heavy atom. The van der Waals surface area contributed by atoms with Crippen LogP contribution in [0.4, 0.5) is 5.69 Å². The van der Waals surface area contributed by atoms with Gasteiger partial charge in [-0.15, -0.1) is 0 Å². The molecule has 1 heterocycles. The number of carbonyl (C=O) groups excluding carboxylic acids is 1. The maximum absolute atomic E-state index is 12.7. The third-order valence-corrected chi connectivity index (χ3v) is 4.69. The summed E-state index contributed by atoms with van der Waals surface area (Å²) in [5.74, 6) is 0.859. The SMILES string of the molecule is Cc1ccc(C(=O)Nc2cc3c(cc2C(O)c2ccccc2)OCCO3)cc1. The summed E-state index contributed by atoms with van der Waals surface area (Å²) in [6, 6.07) is 20.1. The van der Waals surface area contributed by atoms with Gasteiger partial charge in [0.2, 0.25) is 0 Å². The van der Waals surface area contributed by atoms with E-state index >= 15 is 0 Å². The van der Waals surface area contributed by atoms with Gasteiger partial charge in [0.1, 0.15) is 19.3 Å². The Morgan fingerprint density at radius 2 is 1.61 bits per heavy atom. The van der Waals surface area contributed by atoms with Crippen LogP contribution in [-0.4, -0.2) is 24.2 Å². The van der Waals surface area contributed by atoms with Crippen molar-refractivity contribution in [1.29, 1.82) is 0 Å². The van der Waals surface area contributed by atoms with Gasteiger partial charge in [0, 0.05) is 17.2 Å². The van der Waals surface area contributed by atoms with E-state index in [4.69, 9.17) is 9.47 Å². The zero-order valence-corrected chi connectivity index (χ0v) is 15.5. The molecule has 0 fully saturated rings. The van der Waals surface area contributed by atoms with Gasteiger partial charge in [-0.1, -0.05) is 48.0 Å². The number of aliphatic hydroxyl groups excluding tert-OH is 1. The van der Waals surface area contributed by atoms with Gasteiger partial charge < -0.3 is 19.9 Å². The predicted octanol–water partition coefficient (Wildman–Crippen LogP) is 4.10. The summed E-state index contributed by atoms with van der Waals surface area (Å²) < 4.78 is 11.3. The van der Waals surface area contributed by atoms with E-state index in [0.29, 0.717) is 41.5 Å². The summed E-state index contributed by atoms with van der Waals surface area (Å²) in [6.45, 7) is 2.86. The van der Waals surface area contributed by atoms with Crippen molar-refractivity contribution in [2.75, 3.05) is 18.5 Å². The number of anilines is 1. The second kappa shape index (κ2) is 7.74. The van der Waals surface area contributed by atoms with Crippen LogP contribution in [0.1, 0.15) is 33.2 Å². The molecule has 1 amide bonds. The van der Waals surface area contributed by atoms with Crippen molar-refractivity contribution < 1.29 is 19.4 Å². The minimum Gasteiger partial charge on any atom is -0.486 e. The molecule has 3 aromatic rings. The molecule has 0 bridgehead atoms. The molecule has 0 radical (unpaired) electrons. The fourth-order valence-electron chi connectivity index (χ4n) is 3.15. The quantitative estimate of drug-likeness (QED) is 0.720. The largest absolute Gasteiger partial charge is 0.486 e. The molecule has 1 atom stereocenters. The molecule has 5 heteroatoms. The van der Waals surface area contributed by atoms with E-state index in [1.54, 1.807) is 24.3 Å². The van der Waals surface area contributed by atoms with Crippen molar-refractivity contribution in [2.24, 2.45) is 0 Å². The molecule has 0 spiro atoms. The molecule has 1 aliphatic rings. The Balaban J connectivity index is 1.72. The maximum atomic E-state index is 12.7. The topological polar surface area (TPSA) is 67.8 Å². The highest BCUT2D eigenvalue weighted by atomic mass is 16.6. The molecule has 0 aromatic heterocycles. The first-order chi connectivity index (χ1) is 13.6. The lowest BCUT2D eigenvalue weighted by Gasteiger charge is -2.23. The maximum Gasteiger partial charge on any atom is 0.255 e. The summed E-state index contributed by atoms with van der Waals surface area (Å²) in [5, 5.41) is 13.9. The first kappa shape index (κ1) is 18.1. The number of carbonyl (C=O) groups is 1. The molecule has 4 rings (SSSR count). The van der Waals surface area contributed by atoms with Gasteiger partial charge in [0.15, 0.2) is 11.5 Å². The monoisotopic (exact) mass is 375 g/mol. The fourth-order valence-corrected chi connectivity index (χ4v) is 3.15. The van der Waals surface area contributed by atoms with Crippen molar-refractivity contribution in [3.05, 3.63) is 89.0 Å². The van der Waals surface area contributed by atoms with E-state index < -0.39 is 6.10 Å². The second-order valence-electron chi connectivity index (χ2n) is 6.72. The molecule has 2 N–H and O–H groups in total. The number of nitrogens with one attached hydrogen (secondary N) is 1. The van der Waals surface area contributed by atoms with Crippen molar-refractivity contribution in [3.63, 3.8) is 0 Å². The molecule has 28 heavy (non-hydrogen) atoms. The molecule has 142 valence electrons. The van der Waals surface area contributed by atoms with Crippen LogP contribution in [0, 0.1) is 6.92 Å². The number of ether oxygens (including phenoxy) is 2. The van der Waals surface area contributed by atoms with Gasteiger partial charge in [0.25, 0.3) is 5.91 Å². The van der Waals surface area contributed by atoms with E-state index in [1.165, 1.54) is 0 Å². The normalized spacial score (nSPS) is 13.6. The van der Waals surface area contributed by atoms with Crippen molar-refractivity contribution >= 4 is 11.6 Å². The molecule has 5 nitrogen and oxygen atoms in total. The van der Waals surface area contributed by atoms with E-state index in [2.05, 4.69) is 5.32 Å². The number of aryl methyl sites for hydroxylation is 1. The molecule has 0 aliphatic carbocycles. The number of benzene rings is 3. The molecule has 1 aliphatic heterocycles. The minimum absolute atomic E-state index is 0.252. The fraction of sp³-hybridized carbons (Fsp3) is 0.174. The van der Waals surface area contributed by atoms with Crippen LogP contribution in [0.5, 0.6) is 11.5 Å². The highest BCUT2D eigenvalue weighted by molar-refractivity contribution is 6.05. The van der Waals surface area contributed by atoms with Crippen LogP contribution >= 0.6 is 0 Å². The van der Waals surface area contributed by atoms with Crippen molar-refractivity contribution in [3.8, 4) is 11.5 Å². The lowest BCUT2D eigenvalue weighted by Crippen LogP contribution is -2.18. The van der Waals surface area contributed by atoms with Gasteiger partial charge in [-0.2, -0.15) is 0 Å². The van der Waals surface area contributed by atoms with Gasteiger partial charge in [-0.05, 0) is 30.7 Å². The summed E-state index contributed by atoms with van der Waals surface area (Å²) in [5.41, 5.74) is 3.39. The standard InChI is InChI=1S/C23H21NO4/c1-15-7-9-17(10-8-15)23(26)24-19-14-21-20(27-11-12-28-21)13-18(19)22(25)16-5-3-2-4-6-16/h2-10,13-14,22,25H,11-12H2,1H3,(H,24,26). The number of hydrogen-bond acceptors (Lipinski definition) is 4. The van der Waals surface area contributed by atoms with E-state index in [9.17, 15) is 9.90 Å². The minimum atomic E-state index is -0.912. The van der Waals surface area contributed by atoms with Gasteiger partial charge in [0.05, 0.1) is 5.69 Å². The molecule has 3 aromatic carbocycles. The molecule has 0 saturated carbocycles. The Hall–Kier alpha value is -3.31. The average Bonchev–Trinajstić information content (AvgIpc) is 2.74. The smallest absolute Gasteiger partial charge is 0.255 e. The Kier molecular flexibility index (Phi) is 5.00. The third kappa shape index (κ3) is 3.70. The van der Waals surface area contributed by atoms with E-state index in [-0.39, 0.29) is 5.91 Å². The average molecular weight is 375 g/mol. The number of fused-ring (bicyclic) bond motifs is 1. The predicted molar refractivity (Wildman–Crippen MR) is 107 cm³/mol. The molecule has 0 saturated heterocycles. The van der Waals surface area contributed by atoms with Gasteiger partial charge >= 0.3 is 0 Å². The summed E-state index contributed by atoms with van der Waals surface area (Å²) in [6.07, 6.45) is -0.912. The zero-order valence-electron chi connectivity index (χ0n) is 15.5. The zero-order chi connectivity index (χ0) is 19.5. The Labute approximate surface area is 163 Å². The summed E-state index contributed by atoms with van der Waals surface area (Å²) in [4.78, 5) is 12.7. The number of amides is 1. The second-order valence-corrected chi connectivity index (χ2v) is 6.72. The number of hydrogen-bond donors (Lipinski definition) is 2. The lowest BCUT2D eigenvalue weighted by atomic mass is 9.98. The van der Waals surface area contributed by atoms with E-state index in [1.807, 2.05) is 49.4 Å². The highest BCUT2D eigenvalue weighted by Crippen LogP contribution is 2.39. The van der Waals surface area contributed by atoms with E-state index in [0.717, 1.165) is 11.1 Å². The molecule has 1 unspecified atom stereocenters. The van der Waals surface area contributed by atoms with Crippen molar-refractivity contribution in [2.45, 2.75) is 13.0 Å². The number of aliphatic hydroxyl groups is 1. The summed E-state index contributed by atoms with van der Waals surface area (Å²) >= 11 is 0. The molecular formula is C23H21NO4. The Morgan fingerprint density at radius 3 is 2.29 bits per heavy atom. The lowest BCUT2D eigenvalue weighted by molar-refractivity contribution is 0.102. The van der Waals surface area contributed by atoms with Crippen LogP contribution in [0.3, 0.4) is 0 Å². The first-order valence-corrected chi connectivity index (χ1v) is 9.16. The summed E-state index contributed by atoms with van der Waals surface area (Å²) in [7, 11) is 0. The van der Waals surface area contributed by atoms with Crippen LogP contribution in [-0.2, 0) is 0 Å². The molecular weight excluding hydrogens is 354 g/mol. The van der Waals surface area contributed by atoms with Crippen LogP contribution < -0.4 is 14.8 Å². The number of rotatable bonds is 4. The van der Waals surface area contributed by atoms with Crippen molar-refractivity contribution in [1.82, 2.24) is 0 Å². The Bertz CT molecular complexity index is 983. The van der Waals surface area contributed by atoms with Crippen LogP contribution in [0.2, 0.25) is 0 Å². The van der Waals surface area contributed by atoms with Crippen LogP contribution in [0.15, 0.2) is 66.7 Å². The van der Waals surface area contributed by atoms with Gasteiger partial charge in [-0.3, -0.25) is 4.79 Å². The highest BCUT2D eigenvalue weighted by Gasteiger charge is 2.22.